The average Bonchev–Trinajstić information content (AvgIpc) is 3.06. The fourth-order valence-electron chi connectivity index (χ4n) is 3.05. The van der Waals surface area contributed by atoms with E-state index in [1.54, 1.807) is 0 Å². The maximum Gasteiger partial charge on any atom is 0.191 e. The number of guanidine groups is 1. The van der Waals surface area contributed by atoms with Crippen LogP contribution in [0.2, 0.25) is 0 Å². The quantitative estimate of drug-likeness (QED) is 0.358. The fourth-order valence-corrected chi connectivity index (χ4v) is 3.91. The molecular formula is C18H34IN5S. The van der Waals surface area contributed by atoms with Crippen molar-refractivity contribution in [2.45, 2.75) is 58.4 Å². The van der Waals surface area contributed by atoms with Gasteiger partial charge in [-0.3, -0.25) is 9.89 Å². The lowest BCUT2D eigenvalue weighted by Crippen LogP contribution is -2.55. The fraction of sp³-hybridized carbons (Fsp3) is 0.778. The average molecular weight is 479 g/mol. The van der Waals surface area contributed by atoms with Crippen LogP contribution in [0.25, 0.3) is 0 Å². The molecule has 2 N–H and O–H groups in total. The molecule has 0 unspecified atom stereocenters. The number of aryl methyl sites for hydroxylation is 1. The Labute approximate surface area is 174 Å². The number of rotatable bonds is 7. The Morgan fingerprint density at radius 2 is 2.00 bits per heavy atom. The minimum atomic E-state index is 0. The number of likely N-dealkylation sites (tertiary alicyclic amines) is 1. The van der Waals surface area contributed by atoms with Crippen molar-refractivity contribution < 1.29 is 0 Å². The molecule has 0 saturated carbocycles. The molecule has 0 bridgehead atoms. The van der Waals surface area contributed by atoms with Crippen LogP contribution in [0.3, 0.4) is 0 Å². The van der Waals surface area contributed by atoms with Gasteiger partial charge in [0.1, 0.15) is 0 Å². The van der Waals surface area contributed by atoms with E-state index >= 15 is 0 Å². The van der Waals surface area contributed by atoms with Crippen LogP contribution < -0.4 is 10.6 Å². The third kappa shape index (κ3) is 7.38. The molecule has 0 radical (unpaired) electrons. The van der Waals surface area contributed by atoms with E-state index in [4.69, 9.17) is 0 Å². The Morgan fingerprint density at radius 1 is 1.28 bits per heavy atom. The first-order valence-electron chi connectivity index (χ1n) is 9.18. The van der Waals surface area contributed by atoms with Crippen LogP contribution in [0.4, 0.5) is 0 Å². The minimum Gasteiger partial charge on any atom is -0.356 e. The van der Waals surface area contributed by atoms with Crippen LogP contribution >= 0.6 is 35.3 Å². The first-order valence-corrected chi connectivity index (χ1v) is 10.00. The zero-order chi connectivity index (χ0) is 17.4. The smallest absolute Gasteiger partial charge is 0.191 e. The lowest BCUT2D eigenvalue weighted by molar-refractivity contribution is 0.0982. The number of nitrogens with one attached hydrogen (secondary N) is 2. The predicted molar refractivity (Wildman–Crippen MR) is 119 cm³/mol. The summed E-state index contributed by atoms with van der Waals surface area (Å²) < 4.78 is 0. The number of nitrogens with zero attached hydrogens (tertiary/aromatic N) is 3. The van der Waals surface area contributed by atoms with Gasteiger partial charge >= 0.3 is 0 Å². The third-order valence-electron chi connectivity index (χ3n) is 4.71. The summed E-state index contributed by atoms with van der Waals surface area (Å²) in [5, 5.41) is 8.10. The summed E-state index contributed by atoms with van der Waals surface area (Å²) >= 11 is 1.81. The van der Waals surface area contributed by atoms with Gasteiger partial charge in [-0.2, -0.15) is 0 Å². The maximum absolute atomic E-state index is 4.47. The van der Waals surface area contributed by atoms with Crippen molar-refractivity contribution in [2.24, 2.45) is 4.99 Å². The molecule has 7 heteroatoms. The molecule has 0 aliphatic carbocycles. The Bertz CT molecular complexity index is 523. The molecule has 144 valence electrons. The molecule has 2 rings (SSSR count). The molecule has 25 heavy (non-hydrogen) atoms. The number of thiazole rings is 1. The van der Waals surface area contributed by atoms with Gasteiger partial charge in [-0.25, -0.2) is 4.98 Å². The van der Waals surface area contributed by atoms with Gasteiger partial charge in [-0.05, 0) is 46.2 Å². The van der Waals surface area contributed by atoms with Crippen molar-refractivity contribution in [1.29, 1.82) is 0 Å². The van der Waals surface area contributed by atoms with E-state index in [0.29, 0.717) is 0 Å². The Morgan fingerprint density at radius 3 is 2.60 bits per heavy atom. The number of halogens is 1. The Balaban J connectivity index is 0.00000312. The molecule has 0 spiro atoms. The van der Waals surface area contributed by atoms with Crippen LogP contribution in [0, 0.1) is 0 Å². The first-order chi connectivity index (χ1) is 11.5. The van der Waals surface area contributed by atoms with Gasteiger partial charge in [0.25, 0.3) is 0 Å². The molecule has 1 aromatic heterocycles. The summed E-state index contributed by atoms with van der Waals surface area (Å²) in [6.07, 6.45) is 8.03. The lowest BCUT2D eigenvalue weighted by atomic mass is 9.98. The van der Waals surface area contributed by atoms with Crippen LogP contribution in [-0.2, 0) is 12.8 Å². The van der Waals surface area contributed by atoms with E-state index < -0.39 is 0 Å². The summed E-state index contributed by atoms with van der Waals surface area (Å²) in [4.78, 5) is 12.8. The molecule has 1 saturated heterocycles. The molecule has 1 fully saturated rings. The molecule has 1 aliphatic heterocycles. The van der Waals surface area contributed by atoms with E-state index in [1.807, 2.05) is 24.6 Å². The maximum atomic E-state index is 4.47. The predicted octanol–water partition coefficient (Wildman–Crippen LogP) is 3.30. The topological polar surface area (TPSA) is 52.6 Å². The SMILES string of the molecule is CCc1cnc(CCNC(=NC)NCC(C)(C)N2CCCCC2)s1.I. The van der Waals surface area contributed by atoms with Gasteiger partial charge in [0.2, 0.25) is 0 Å². The second-order valence-electron chi connectivity index (χ2n) is 7.04. The van der Waals surface area contributed by atoms with E-state index in [2.05, 4.69) is 46.3 Å². The van der Waals surface area contributed by atoms with Crippen LogP contribution in [0.1, 0.15) is 49.9 Å². The normalized spacial score (nSPS) is 16.4. The largest absolute Gasteiger partial charge is 0.356 e. The number of aliphatic imine (C=N–C) groups is 1. The van der Waals surface area contributed by atoms with Gasteiger partial charge in [-0.1, -0.05) is 13.3 Å². The highest BCUT2D eigenvalue weighted by Crippen LogP contribution is 2.19. The summed E-state index contributed by atoms with van der Waals surface area (Å²) in [5.41, 5.74) is 0.156. The second-order valence-corrected chi connectivity index (χ2v) is 8.24. The third-order valence-corrected chi connectivity index (χ3v) is 5.91. The van der Waals surface area contributed by atoms with Crippen molar-refractivity contribution >= 4 is 41.3 Å². The molecule has 0 aromatic carbocycles. The number of piperidine rings is 1. The summed E-state index contributed by atoms with van der Waals surface area (Å²) in [6, 6.07) is 0. The summed E-state index contributed by atoms with van der Waals surface area (Å²) in [6.45, 7) is 11.0. The highest BCUT2D eigenvalue weighted by atomic mass is 127. The van der Waals surface area contributed by atoms with E-state index in [1.165, 1.54) is 42.2 Å². The van der Waals surface area contributed by atoms with Crippen LogP contribution in [0.5, 0.6) is 0 Å². The standard InChI is InChI=1S/C18H33N5S.HI/c1-5-15-13-21-16(24-15)9-10-20-17(19-4)22-14-18(2,3)23-11-7-6-8-12-23;/h13H,5-12,14H2,1-4H3,(H2,19,20,22);1H. The van der Waals surface area contributed by atoms with Crippen molar-refractivity contribution in [3.8, 4) is 0 Å². The molecule has 0 amide bonds. The highest BCUT2D eigenvalue weighted by molar-refractivity contribution is 14.0. The second kappa shape index (κ2) is 11.3. The number of hydrogen-bond acceptors (Lipinski definition) is 4. The highest BCUT2D eigenvalue weighted by Gasteiger charge is 2.27. The van der Waals surface area contributed by atoms with Crippen molar-refractivity contribution in [3.05, 3.63) is 16.1 Å². The van der Waals surface area contributed by atoms with E-state index in [-0.39, 0.29) is 29.5 Å². The molecule has 1 aromatic rings. The monoisotopic (exact) mass is 479 g/mol. The Kier molecular flexibility index (Phi) is 10.3. The Hall–Kier alpha value is -0.410. The van der Waals surface area contributed by atoms with Gasteiger partial charge in [-0.15, -0.1) is 35.3 Å². The van der Waals surface area contributed by atoms with Crippen LogP contribution in [0.15, 0.2) is 11.2 Å². The first kappa shape index (κ1) is 22.6. The van der Waals surface area contributed by atoms with Crippen molar-refractivity contribution in [1.82, 2.24) is 20.5 Å². The molecule has 1 aliphatic rings. The van der Waals surface area contributed by atoms with Crippen molar-refractivity contribution in [2.75, 3.05) is 33.2 Å². The lowest BCUT2D eigenvalue weighted by Gasteiger charge is -2.41. The summed E-state index contributed by atoms with van der Waals surface area (Å²) in [7, 11) is 1.84. The van der Waals surface area contributed by atoms with Gasteiger partial charge in [0.15, 0.2) is 5.96 Å². The van der Waals surface area contributed by atoms with Gasteiger partial charge < -0.3 is 10.6 Å². The van der Waals surface area contributed by atoms with Crippen LogP contribution in [-0.4, -0.2) is 54.6 Å². The van der Waals surface area contributed by atoms with E-state index in [9.17, 15) is 0 Å². The van der Waals surface area contributed by atoms with Gasteiger partial charge in [0.05, 0.1) is 5.01 Å². The molecular weight excluding hydrogens is 445 g/mol. The molecule has 5 nitrogen and oxygen atoms in total. The van der Waals surface area contributed by atoms with Gasteiger partial charge in [0, 0.05) is 43.2 Å². The zero-order valence-electron chi connectivity index (χ0n) is 16.1. The molecule has 0 atom stereocenters. The summed E-state index contributed by atoms with van der Waals surface area (Å²) in [5.74, 6) is 0.882. The number of hydrogen-bond donors (Lipinski definition) is 2. The van der Waals surface area contributed by atoms with Crippen molar-refractivity contribution in [3.63, 3.8) is 0 Å². The van der Waals surface area contributed by atoms with E-state index in [0.717, 1.165) is 31.9 Å². The number of aromatic nitrogens is 1. The molecule has 2 heterocycles. The zero-order valence-corrected chi connectivity index (χ0v) is 19.2. The minimum absolute atomic E-state index is 0.